The van der Waals surface area contributed by atoms with E-state index in [0.717, 1.165) is 22.2 Å². The number of anilines is 1. The van der Waals surface area contributed by atoms with Crippen molar-refractivity contribution in [3.63, 3.8) is 0 Å². The fourth-order valence-electron chi connectivity index (χ4n) is 4.06. The lowest BCUT2D eigenvalue weighted by Gasteiger charge is -2.30. The maximum Gasteiger partial charge on any atom is 0.248 e. The Hall–Kier alpha value is -4.10. The molecule has 1 aliphatic rings. The first kappa shape index (κ1) is 22.7. The number of carbonyl (C=O) groups excluding carboxylic acids is 1. The zero-order valence-electron chi connectivity index (χ0n) is 19.6. The number of ether oxygens (including phenoxy) is 1. The molecule has 0 fully saturated rings. The van der Waals surface area contributed by atoms with E-state index in [0.29, 0.717) is 39.3 Å². The second-order valence-electron chi connectivity index (χ2n) is 8.21. The molecule has 3 aromatic carbocycles. The smallest absolute Gasteiger partial charge is 0.248 e. The number of amides is 1. The summed E-state index contributed by atoms with van der Waals surface area (Å²) in [5.74, 6) is 1.10. The van der Waals surface area contributed by atoms with E-state index < -0.39 is 0 Å². The fourth-order valence-corrected chi connectivity index (χ4v) is 4.25. The van der Waals surface area contributed by atoms with Crippen LogP contribution in [-0.4, -0.2) is 42.3 Å². The Morgan fingerprint density at radius 2 is 1.97 bits per heavy atom. The topological polar surface area (TPSA) is 71.2 Å². The first-order valence-corrected chi connectivity index (χ1v) is 11.4. The number of halogens is 1. The number of hydrazone groups is 1. The molecule has 8 heteroatoms. The lowest BCUT2D eigenvalue weighted by atomic mass is 9.94. The summed E-state index contributed by atoms with van der Waals surface area (Å²) in [4.78, 5) is 19.2. The van der Waals surface area contributed by atoms with E-state index in [1.54, 1.807) is 37.1 Å². The van der Waals surface area contributed by atoms with Gasteiger partial charge in [0, 0.05) is 47.4 Å². The van der Waals surface area contributed by atoms with Gasteiger partial charge in [0.25, 0.3) is 0 Å². The van der Waals surface area contributed by atoms with Crippen molar-refractivity contribution in [2.75, 3.05) is 25.6 Å². The highest BCUT2D eigenvalue weighted by Gasteiger charge is 2.27. The van der Waals surface area contributed by atoms with Gasteiger partial charge in [-0.1, -0.05) is 30.3 Å². The van der Waals surface area contributed by atoms with Crippen molar-refractivity contribution < 1.29 is 13.9 Å². The maximum absolute atomic E-state index is 13.3. The lowest BCUT2D eigenvalue weighted by molar-refractivity contribution is -0.118. The molecule has 4 aromatic rings. The number of carbonyl (C=O) groups is 1. The number of nitrogens with zero attached hydrogens (tertiary/aromatic N) is 4. The quantitative estimate of drug-likeness (QED) is 0.372. The molecular weight excluding hydrogens is 464 g/mol. The lowest BCUT2D eigenvalue weighted by Crippen LogP contribution is -2.37. The average Bonchev–Trinajstić information content (AvgIpc) is 3.24. The Bertz CT molecular complexity index is 1510. The number of hydrogen-bond donors (Lipinski definition) is 0. The summed E-state index contributed by atoms with van der Waals surface area (Å²) >= 11 is 6.26. The molecule has 0 saturated carbocycles. The molecule has 5 rings (SSSR count). The molecule has 2 heterocycles. The third kappa shape index (κ3) is 4.26. The molecule has 0 radical (unpaired) electrons. The van der Waals surface area contributed by atoms with Crippen LogP contribution in [-0.2, 0) is 4.79 Å². The zero-order chi connectivity index (χ0) is 24.7. The Morgan fingerprint density at radius 1 is 1.14 bits per heavy atom. The SMILES string of the molecule is C=C1c2cc(OC)ccc2C(c2cccc(Cl)c2)=NN1CC(=O)N(C)c1ccc2nc(C)oc2c1. The van der Waals surface area contributed by atoms with Crippen LogP contribution < -0.4 is 9.64 Å². The second kappa shape index (κ2) is 8.92. The average molecular weight is 487 g/mol. The van der Waals surface area contributed by atoms with Crippen molar-refractivity contribution >= 4 is 45.7 Å². The highest BCUT2D eigenvalue weighted by molar-refractivity contribution is 6.31. The molecule has 1 aliphatic heterocycles. The number of methoxy groups -OCH3 is 1. The molecule has 35 heavy (non-hydrogen) atoms. The first-order chi connectivity index (χ1) is 16.8. The summed E-state index contributed by atoms with van der Waals surface area (Å²) < 4.78 is 11.0. The molecular formula is C27H23ClN4O3. The summed E-state index contributed by atoms with van der Waals surface area (Å²) in [7, 11) is 3.33. The Balaban J connectivity index is 1.49. The van der Waals surface area contributed by atoms with Crippen molar-refractivity contribution in [2.45, 2.75) is 6.92 Å². The number of likely N-dealkylation sites (N-methyl/N-ethyl adjacent to an activating group) is 1. The van der Waals surface area contributed by atoms with Gasteiger partial charge in [-0.15, -0.1) is 0 Å². The van der Waals surface area contributed by atoms with Crippen LogP contribution in [0.5, 0.6) is 5.75 Å². The number of fused-ring (bicyclic) bond motifs is 2. The minimum absolute atomic E-state index is 0.0104. The van der Waals surface area contributed by atoms with E-state index in [1.165, 1.54) is 0 Å². The van der Waals surface area contributed by atoms with Gasteiger partial charge in [0.05, 0.1) is 18.5 Å². The normalized spacial score (nSPS) is 13.0. The van der Waals surface area contributed by atoms with Gasteiger partial charge < -0.3 is 14.1 Å². The van der Waals surface area contributed by atoms with E-state index in [-0.39, 0.29) is 12.5 Å². The van der Waals surface area contributed by atoms with Crippen molar-refractivity contribution in [1.29, 1.82) is 0 Å². The van der Waals surface area contributed by atoms with Gasteiger partial charge in [0.1, 0.15) is 17.8 Å². The summed E-state index contributed by atoms with van der Waals surface area (Å²) in [6, 6.07) is 18.7. The number of aryl methyl sites for hydroxylation is 1. The number of hydrogen-bond acceptors (Lipinski definition) is 6. The molecule has 176 valence electrons. The van der Waals surface area contributed by atoms with Crippen LogP contribution in [0.3, 0.4) is 0 Å². The molecule has 1 aromatic heterocycles. The van der Waals surface area contributed by atoms with Gasteiger partial charge in [0.2, 0.25) is 5.91 Å². The summed E-state index contributed by atoms with van der Waals surface area (Å²) in [6.45, 7) is 6.01. The van der Waals surface area contributed by atoms with Gasteiger partial charge in [-0.05, 0) is 42.5 Å². The van der Waals surface area contributed by atoms with Crippen LogP contribution in [0, 0.1) is 6.92 Å². The van der Waals surface area contributed by atoms with Crippen LogP contribution >= 0.6 is 11.6 Å². The highest BCUT2D eigenvalue weighted by atomic mass is 35.5. The van der Waals surface area contributed by atoms with Crippen LogP contribution in [0.15, 0.2) is 76.8 Å². The van der Waals surface area contributed by atoms with Crippen molar-refractivity contribution in [1.82, 2.24) is 9.99 Å². The van der Waals surface area contributed by atoms with Crippen molar-refractivity contribution in [3.8, 4) is 5.75 Å². The Labute approximate surface area is 207 Å². The fraction of sp³-hybridized carbons (Fsp3) is 0.148. The minimum Gasteiger partial charge on any atom is -0.497 e. The third-order valence-electron chi connectivity index (χ3n) is 5.95. The maximum atomic E-state index is 13.3. The molecule has 0 atom stereocenters. The summed E-state index contributed by atoms with van der Waals surface area (Å²) in [5.41, 5.74) is 5.95. The highest BCUT2D eigenvalue weighted by Crippen LogP contribution is 2.33. The third-order valence-corrected chi connectivity index (χ3v) is 6.18. The number of aromatic nitrogens is 1. The number of rotatable bonds is 5. The number of oxazole rings is 1. The second-order valence-corrected chi connectivity index (χ2v) is 8.65. The van der Waals surface area contributed by atoms with Crippen LogP contribution in [0.4, 0.5) is 5.69 Å². The standard InChI is InChI=1S/C27H23ClN4O3/c1-16-23-14-21(34-4)9-10-22(23)27(18-6-5-7-19(28)12-18)30-32(16)15-26(33)31(3)20-8-11-24-25(13-20)35-17(2)29-24/h5-14H,1,15H2,2-4H3. The van der Waals surface area contributed by atoms with E-state index in [4.69, 9.17) is 25.9 Å². The van der Waals surface area contributed by atoms with E-state index in [9.17, 15) is 4.79 Å². The van der Waals surface area contributed by atoms with E-state index >= 15 is 0 Å². The zero-order valence-corrected chi connectivity index (χ0v) is 20.3. The molecule has 0 spiro atoms. The van der Waals surface area contributed by atoms with Crippen LogP contribution in [0.2, 0.25) is 5.02 Å². The summed E-state index contributed by atoms with van der Waals surface area (Å²) in [5, 5.41) is 7.04. The first-order valence-electron chi connectivity index (χ1n) is 11.0. The molecule has 0 N–H and O–H groups in total. The van der Waals surface area contributed by atoms with Crippen molar-refractivity contribution in [2.24, 2.45) is 5.10 Å². The monoisotopic (exact) mass is 486 g/mol. The Kier molecular flexibility index (Phi) is 5.78. The molecule has 0 saturated heterocycles. The van der Waals surface area contributed by atoms with Gasteiger partial charge >= 0.3 is 0 Å². The largest absolute Gasteiger partial charge is 0.497 e. The number of benzene rings is 3. The van der Waals surface area contributed by atoms with Gasteiger partial charge in [-0.25, -0.2) is 4.98 Å². The summed E-state index contributed by atoms with van der Waals surface area (Å²) in [6.07, 6.45) is 0. The predicted molar refractivity (Wildman–Crippen MR) is 138 cm³/mol. The molecule has 0 aliphatic carbocycles. The van der Waals surface area contributed by atoms with E-state index in [1.807, 2.05) is 54.6 Å². The molecule has 1 amide bonds. The van der Waals surface area contributed by atoms with Gasteiger partial charge in [-0.3, -0.25) is 9.80 Å². The van der Waals surface area contributed by atoms with Crippen molar-refractivity contribution in [3.05, 3.63) is 94.8 Å². The molecule has 7 nitrogen and oxygen atoms in total. The van der Waals surface area contributed by atoms with Crippen LogP contribution in [0.1, 0.15) is 22.6 Å². The molecule has 0 unspecified atom stereocenters. The van der Waals surface area contributed by atoms with E-state index in [2.05, 4.69) is 11.6 Å². The van der Waals surface area contributed by atoms with Gasteiger partial charge in [-0.2, -0.15) is 5.10 Å². The minimum atomic E-state index is -0.165. The Morgan fingerprint density at radius 3 is 2.74 bits per heavy atom. The predicted octanol–water partition coefficient (Wildman–Crippen LogP) is 5.50. The van der Waals surface area contributed by atoms with Crippen LogP contribution in [0.25, 0.3) is 16.8 Å². The van der Waals surface area contributed by atoms with Gasteiger partial charge in [0.15, 0.2) is 11.5 Å². The molecule has 0 bridgehead atoms.